The first-order valence-corrected chi connectivity index (χ1v) is 7.17. The Labute approximate surface area is 114 Å². The molecule has 1 aliphatic carbocycles. The van der Waals surface area contributed by atoms with Crippen molar-refractivity contribution in [2.24, 2.45) is 5.92 Å². The Bertz CT molecular complexity index is 452. The van der Waals surface area contributed by atoms with Gasteiger partial charge in [0.05, 0.1) is 5.56 Å². The predicted molar refractivity (Wildman–Crippen MR) is 74.1 cm³/mol. The molecular formula is C13H17BrN2O2. The van der Waals surface area contributed by atoms with Gasteiger partial charge in [0.2, 0.25) is 5.56 Å². The van der Waals surface area contributed by atoms with Gasteiger partial charge in [0.15, 0.2) is 0 Å². The molecule has 1 aromatic heterocycles. The lowest BCUT2D eigenvalue weighted by Gasteiger charge is -2.25. The van der Waals surface area contributed by atoms with E-state index in [0.717, 1.165) is 6.42 Å². The minimum absolute atomic E-state index is 0.122. The summed E-state index contributed by atoms with van der Waals surface area (Å²) in [7, 11) is 0. The van der Waals surface area contributed by atoms with Crippen LogP contribution in [-0.4, -0.2) is 22.3 Å². The molecule has 1 aromatic rings. The largest absolute Gasteiger partial charge is 0.352 e. The molecule has 5 heteroatoms. The molecule has 4 nitrogen and oxygen atoms in total. The molecule has 1 amide bonds. The van der Waals surface area contributed by atoms with Crippen LogP contribution < -0.4 is 10.9 Å². The molecule has 18 heavy (non-hydrogen) atoms. The standard InChI is InChI=1S/C13H17BrN2O2/c14-11-3-1-2-9(6-11)7-16-13(18)10-4-5-12(17)15-8-10/h4-5,8-9,11H,1-3,6-7H2,(H,15,17)(H,16,18). The molecule has 0 spiro atoms. The predicted octanol–water partition coefficient (Wildman–Crippen LogP) is 2.06. The number of hydrogen-bond donors (Lipinski definition) is 2. The zero-order valence-corrected chi connectivity index (χ0v) is 11.7. The van der Waals surface area contributed by atoms with Crippen molar-refractivity contribution in [3.05, 3.63) is 34.2 Å². The van der Waals surface area contributed by atoms with E-state index in [0.29, 0.717) is 22.9 Å². The molecule has 2 N–H and O–H groups in total. The zero-order chi connectivity index (χ0) is 13.0. The van der Waals surface area contributed by atoms with Gasteiger partial charge >= 0.3 is 0 Å². The topological polar surface area (TPSA) is 62.0 Å². The number of aromatic amines is 1. The Hall–Kier alpha value is -1.10. The Balaban J connectivity index is 1.84. The zero-order valence-electron chi connectivity index (χ0n) is 10.1. The lowest BCUT2D eigenvalue weighted by Crippen LogP contribution is -2.32. The molecule has 98 valence electrons. The number of H-pyrrole nitrogens is 1. The Morgan fingerprint density at radius 3 is 2.94 bits per heavy atom. The monoisotopic (exact) mass is 312 g/mol. The fourth-order valence-electron chi connectivity index (χ4n) is 2.30. The van der Waals surface area contributed by atoms with E-state index in [9.17, 15) is 9.59 Å². The molecule has 1 aliphatic rings. The van der Waals surface area contributed by atoms with E-state index in [4.69, 9.17) is 0 Å². The third-order valence-electron chi connectivity index (χ3n) is 3.32. The fourth-order valence-corrected chi connectivity index (χ4v) is 3.15. The van der Waals surface area contributed by atoms with Gasteiger partial charge in [-0.25, -0.2) is 0 Å². The first-order valence-electron chi connectivity index (χ1n) is 6.26. The van der Waals surface area contributed by atoms with Gasteiger partial charge in [-0.3, -0.25) is 9.59 Å². The van der Waals surface area contributed by atoms with Gasteiger partial charge in [-0.15, -0.1) is 0 Å². The first-order chi connectivity index (χ1) is 8.65. The van der Waals surface area contributed by atoms with Crippen LogP contribution in [0.4, 0.5) is 0 Å². The third kappa shape index (κ3) is 3.70. The van der Waals surface area contributed by atoms with Crippen LogP contribution in [0.3, 0.4) is 0 Å². The van der Waals surface area contributed by atoms with Crippen LogP contribution in [-0.2, 0) is 0 Å². The Morgan fingerprint density at radius 2 is 2.28 bits per heavy atom. The van der Waals surface area contributed by atoms with Crippen molar-refractivity contribution in [3.8, 4) is 0 Å². The molecule has 0 aliphatic heterocycles. The average molecular weight is 313 g/mol. The van der Waals surface area contributed by atoms with Crippen LogP contribution >= 0.6 is 15.9 Å². The van der Waals surface area contributed by atoms with Crippen molar-refractivity contribution in [2.75, 3.05) is 6.54 Å². The van der Waals surface area contributed by atoms with Gasteiger partial charge < -0.3 is 10.3 Å². The van der Waals surface area contributed by atoms with Crippen molar-refractivity contribution >= 4 is 21.8 Å². The number of alkyl halides is 1. The quantitative estimate of drug-likeness (QED) is 0.839. The maximum absolute atomic E-state index is 11.8. The Morgan fingerprint density at radius 1 is 1.44 bits per heavy atom. The summed E-state index contributed by atoms with van der Waals surface area (Å²) in [6.07, 6.45) is 6.19. The highest BCUT2D eigenvalue weighted by Crippen LogP contribution is 2.28. The summed E-state index contributed by atoms with van der Waals surface area (Å²) in [6, 6.07) is 2.91. The maximum atomic E-state index is 11.8. The molecular weight excluding hydrogens is 296 g/mol. The van der Waals surface area contributed by atoms with Crippen LogP contribution in [0.1, 0.15) is 36.0 Å². The average Bonchev–Trinajstić information content (AvgIpc) is 2.37. The highest BCUT2D eigenvalue weighted by Gasteiger charge is 2.20. The highest BCUT2D eigenvalue weighted by molar-refractivity contribution is 9.09. The molecule has 0 radical (unpaired) electrons. The van der Waals surface area contributed by atoms with Crippen molar-refractivity contribution in [1.82, 2.24) is 10.3 Å². The minimum atomic E-state index is -0.194. The van der Waals surface area contributed by atoms with Gasteiger partial charge in [0.1, 0.15) is 0 Å². The highest BCUT2D eigenvalue weighted by atomic mass is 79.9. The van der Waals surface area contributed by atoms with Crippen LogP contribution in [0, 0.1) is 5.92 Å². The van der Waals surface area contributed by atoms with E-state index in [-0.39, 0.29) is 11.5 Å². The summed E-state index contributed by atoms with van der Waals surface area (Å²) in [5.41, 5.74) is 0.307. The second kappa shape index (κ2) is 6.18. The molecule has 0 aromatic carbocycles. The number of halogens is 1. The normalized spacial score (nSPS) is 23.6. The van der Waals surface area contributed by atoms with Gasteiger partial charge in [0, 0.05) is 23.6 Å². The summed E-state index contributed by atoms with van der Waals surface area (Å²) >= 11 is 3.64. The molecule has 2 unspecified atom stereocenters. The van der Waals surface area contributed by atoms with Crippen molar-refractivity contribution < 1.29 is 4.79 Å². The van der Waals surface area contributed by atoms with Crippen LogP contribution in [0.5, 0.6) is 0 Å². The number of pyridine rings is 1. The smallest absolute Gasteiger partial charge is 0.252 e. The summed E-state index contributed by atoms with van der Waals surface area (Å²) in [5.74, 6) is 0.429. The maximum Gasteiger partial charge on any atom is 0.252 e. The number of rotatable bonds is 3. The van der Waals surface area contributed by atoms with Gasteiger partial charge in [-0.05, 0) is 31.2 Å². The number of amides is 1. The van der Waals surface area contributed by atoms with Gasteiger partial charge in [-0.2, -0.15) is 0 Å². The molecule has 2 rings (SSSR count). The van der Waals surface area contributed by atoms with E-state index in [1.54, 1.807) is 6.07 Å². The first kappa shape index (κ1) is 13.3. The van der Waals surface area contributed by atoms with Crippen LogP contribution in [0.2, 0.25) is 0 Å². The second-order valence-corrected chi connectivity index (χ2v) is 6.08. The number of hydrogen-bond acceptors (Lipinski definition) is 2. The van der Waals surface area contributed by atoms with Crippen molar-refractivity contribution in [3.63, 3.8) is 0 Å². The van der Waals surface area contributed by atoms with Gasteiger partial charge in [0.25, 0.3) is 5.91 Å². The van der Waals surface area contributed by atoms with Crippen molar-refractivity contribution in [1.29, 1.82) is 0 Å². The molecule has 1 fully saturated rings. The van der Waals surface area contributed by atoms with E-state index >= 15 is 0 Å². The Kier molecular flexibility index (Phi) is 4.58. The number of carbonyl (C=O) groups excluding carboxylic acids is 1. The third-order valence-corrected chi connectivity index (χ3v) is 4.15. The fraction of sp³-hybridized carbons (Fsp3) is 0.538. The summed E-state index contributed by atoms with van der Waals surface area (Å²) in [4.78, 5) is 25.8. The number of aromatic nitrogens is 1. The molecule has 1 saturated carbocycles. The number of nitrogens with one attached hydrogen (secondary N) is 2. The van der Waals surface area contributed by atoms with Gasteiger partial charge in [-0.1, -0.05) is 22.4 Å². The molecule has 0 saturated heterocycles. The lowest BCUT2D eigenvalue weighted by atomic mass is 9.89. The van der Waals surface area contributed by atoms with Crippen LogP contribution in [0.25, 0.3) is 0 Å². The van der Waals surface area contributed by atoms with E-state index in [1.165, 1.54) is 31.5 Å². The molecule has 1 heterocycles. The van der Waals surface area contributed by atoms with E-state index in [1.807, 2.05) is 0 Å². The summed E-state index contributed by atoms with van der Waals surface area (Å²) in [5, 5.41) is 2.93. The van der Waals surface area contributed by atoms with Crippen molar-refractivity contribution in [2.45, 2.75) is 30.5 Å². The van der Waals surface area contributed by atoms with E-state index in [2.05, 4.69) is 26.2 Å². The minimum Gasteiger partial charge on any atom is -0.352 e. The van der Waals surface area contributed by atoms with Crippen LogP contribution in [0.15, 0.2) is 23.1 Å². The molecule has 0 bridgehead atoms. The number of carbonyl (C=O) groups is 1. The summed E-state index contributed by atoms with van der Waals surface area (Å²) in [6.45, 7) is 0.708. The SMILES string of the molecule is O=C(NCC1CCCC(Br)C1)c1ccc(=O)[nH]c1. The van der Waals surface area contributed by atoms with E-state index < -0.39 is 0 Å². The summed E-state index contributed by atoms with van der Waals surface area (Å²) < 4.78 is 0. The lowest BCUT2D eigenvalue weighted by molar-refractivity contribution is 0.0943. The second-order valence-electron chi connectivity index (χ2n) is 4.78. The molecule has 2 atom stereocenters.